The maximum Gasteiger partial charge on any atom is 0.241 e. The third kappa shape index (κ3) is 2.88. The van der Waals surface area contributed by atoms with Gasteiger partial charge in [0.05, 0.1) is 11.5 Å². The summed E-state index contributed by atoms with van der Waals surface area (Å²) in [5, 5.41) is 9.00. The van der Waals surface area contributed by atoms with E-state index in [1.165, 1.54) is 11.3 Å². The molecule has 2 N–H and O–H groups in total. The zero-order valence-corrected chi connectivity index (χ0v) is 11.6. The molecule has 1 aromatic rings. The molecule has 0 aromatic carbocycles. The first-order valence-corrected chi connectivity index (χ1v) is 7.94. The van der Waals surface area contributed by atoms with Crippen molar-refractivity contribution in [3.63, 3.8) is 0 Å². The number of rotatable bonds is 5. The first-order valence-electron chi connectivity index (χ1n) is 5.64. The van der Waals surface area contributed by atoms with Crippen LogP contribution in [0.4, 0.5) is 0 Å². The van der Waals surface area contributed by atoms with Gasteiger partial charge in [-0.25, -0.2) is 13.1 Å². The fourth-order valence-corrected chi connectivity index (χ4v) is 4.43. The third-order valence-electron chi connectivity index (χ3n) is 3.18. The summed E-state index contributed by atoms with van der Waals surface area (Å²) in [6, 6.07) is 1.55. The SMILES string of the molecule is Cc1sc(CO)cc1S(=O)(=O)NCC1CC1C. The van der Waals surface area contributed by atoms with E-state index in [-0.39, 0.29) is 6.61 Å². The summed E-state index contributed by atoms with van der Waals surface area (Å²) in [6.45, 7) is 4.30. The van der Waals surface area contributed by atoms with Gasteiger partial charge in [0.2, 0.25) is 10.0 Å². The van der Waals surface area contributed by atoms with Crippen LogP contribution in [0.3, 0.4) is 0 Å². The average Bonchev–Trinajstić information content (AvgIpc) is 2.82. The molecule has 0 saturated heterocycles. The van der Waals surface area contributed by atoms with Crippen LogP contribution in [0.1, 0.15) is 23.1 Å². The molecule has 0 radical (unpaired) electrons. The topological polar surface area (TPSA) is 66.4 Å². The van der Waals surface area contributed by atoms with Crippen molar-refractivity contribution in [2.45, 2.75) is 31.8 Å². The number of aliphatic hydroxyl groups excluding tert-OH is 1. The number of thiophene rings is 1. The van der Waals surface area contributed by atoms with Gasteiger partial charge in [0.1, 0.15) is 0 Å². The number of aryl methyl sites for hydroxylation is 1. The molecule has 17 heavy (non-hydrogen) atoms. The predicted molar refractivity (Wildman–Crippen MR) is 67.4 cm³/mol. The van der Waals surface area contributed by atoms with Crippen LogP contribution >= 0.6 is 11.3 Å². The highest BCUT2D eigenvalue weighted by Gasteiger charge is 2.33. The normalized spacial score (nSPS) is 23.9. The van der Waals surface area contributed by atoms with Crippen molar-refractivity contribution in [3.8, 4) is 0 Å². The van der Waals surface area contributed by atoms with Gasteiger partial charge in [-0.2, -0.15) is 0 Å². The Kier molecular flexibility index (Phi) is 3.58. The lowest BCUT2D eigenvalue weighted by Gasteiger charge is -2.05. The minimum Gasteiger partial charge on any atom is -0.391 e. The molecule has 0 aliphatic heterocycles. The van der Waals surface area contributed by atoms with Gasteiger partial charge < -0.3 is 5.11 Å². The van der Waals surface area contributed by atoms with E-state index < -0.39 is 10.0 Å². The maximum atomic E-state index is 12.0. The summed E-state index contributed by atoms with van der Waals surface area (Å²) >= 11 is 1.32. The van der Waals surface area contributed by atoms with Crippen molar-refractivity contribution in [1.29, 1.82) is 0 Å². The lowest BCUT2D eigenvalue weighted by molar-refractivity contribution is 0.285. The summed E-state index contributed by atoms with van der Waals surface area (Å²) in [4.78, 5) is 1.72. The molecule has 1 aromatic heterocycles. The number of hydrogen-bond donors (Lipinski definition) is 2. The van der Waals surface area contributed by atoms with E-state index in [9.17, 15) is 8.42 Å². The Labute approximate surface area is 106 Å². The molecule has 0 bridgehead atoms. The average molecular weight is 275 g/mol. The largest absolute Gasteiger partial charge is 0.391 e. The lowest BCUT2D eigenvalue weighted by atomic mass is 10.3. The Bertz CT molecular complexity index is 507. The molecule has 2 rings (SSSR count). The van der Waals surface area contributed by atoms with Gasteiger partial charge in [-0.1, -0.05) is 6.92 Å². The van der Waals surface area contributed by atoms with Crippen LogP contribution in [0.2, 0.25) is 0 Å². The number of aliphatic hydroxyl groups is 1. The molecule has 4 nitrogen and oxygen atoms in total. The smallest absolute Gasteiger partial charge is 0.241 e. The Balaban J connectivity index is 2.10. The molecule has 1 fully saturated rings. The fourth-order valence-electron chi connectivity index (χ4n) is 1.85. The van der Waals surface area contributed by atoms with Crippen LogP contribution in [0.5, 0.6) is 0 Å². The molecule has 0 spiro atoms. The number of sulfonamides is 1. The zero-order chi connectivity index (χ0) is 12.6. The van der Waals surface area contributed by atoms with Crippen molar-refractivity contribution < 1.29 is 13.5 Å². The first kappa shape index (κ1) is 13.0. The molecule has 2 unspecified atom stereocenters. The summed E-state index contributed by atoms with van der Waals surface area (Å²) in [6.07, 6.45) is 1.10. The monoisotopic (exact) mass is 275 g/mol. The molecule has 1 saturated carbocycles. The van der Waals surface area contributed by atoms with Crippen LogP contribution in [0, 0.1) is 18.8 Å². The van der Waals surface area contributed by atoms with E-state index in [0.717, 1.165) is 11.3 Å². The van der Waals surface area contributed by atoms with Crippen molar-refractivity contribution in [3.05, 3.63) is 15.8 Å². The standard InChI is InChI=1S/C11H17NO3S2/c1-7-3-9(7)5-12-17(14,15)11-4-10(6-13)16-8(11)2/h4,7,9,12-13H,3,5-6H2,1-2H3. The quantitative estimate of drug-likeness (QED) is 0.855. The summed E-state index contributed by atoms with van der Waals surface area (Å²) in [5.74, 6) is 1.12. The minimum absolute atomic E-state index is 0.110. The highest BCUT2D eigenvalue weighted by atomic mass is 32.2. The highest BCUT2D eigenvalue weighted by Crippen LogP contribution is 2.37. The van der Waals surface area contributed by atoms with Crippen molar-refractivity contribution in [2.75, 3.05) is 6.54 Å². The second-order valence-electron chi connectivity index (χ2n) is 4.62. The van der Waals surface area contributed by atoms with Crippen LogP contribution in [0.25, 0.3) is 0 Å². The van der Waals surface area contributed by atoms with Gasteiger partial charge in [0.15, 0.2) is 0 Å². The van der Waals surface area contributed by atoms with Gasteiger partial charge in [-0.05, 0) is 31.2 Å². The van der Waals surface area contributed by atoms with E-state index in [1.54, 1.807) is 13.0 Å². The zero-order valence-electron chi connectivity index (χ0n) is 9.93. The second kappa shape index (κ2) is 4.68. The molecule has 1 aliphatic rings. The Morgan fingerprint density at radius 3 is 2.71 bits per heavy atom. The van der Waals surface area contributed by atoms with Gasteiger partial charge in [-0.15, -0.1) is 11.3 Å². The minimum atomic E-state index is -3.41. The van der Waals surface area contributed by atoms with Crippen LogP contribution in [-0.2, 0) is 16.6 Å². The van der Waals surface area contributed by atoms with Gasteiger partial charge in [-0.3, -0.25) is 0 Å². The maximum absolute atomic E-state index is 12.0. The van der Waals surface area contributed by atoms with Crippen molar-refractivity contribution >= 4 is 21.4 Å². The fraction of sp³-hybridized carbons (Fsp3) is 0.636. The molecule has 96 valence electrons. The Morgan fingerprint density at radius 2 is 2.24 bits per heavy atom. The molecule has 6 heteroatoms. The van der Waals surface area contributed by atoms with E-state index in [4.69, 9.17) is 5.11 Å². The molecule has 1 heterocycles. The summed E-state index contributed by atoms with van der Waals surface area (Å²) in [7, 11) is -3.41. The van der Waals surface area contributed by atoms with Crippen molar-refractivity contribution in [2.24, 2.45) is 11.8 Å². The van der Waals surface area contributed by atoms with Crippen LogP contribution < -0.4 is 4.72 Å². The van der Waals surface area contributed by atoms with E-state index in [1.807, 2.05) is 0 Å². The van der Waals surface area contributed by atoms with Crippen LogP contribution in [-0.4, -0.2) is 20.1 Å². The summed E-state index contributed by atoms with van der Waals surface area (Å²) in [5.41, 5.74) is 0. The van der Waals surface area contributed by atoms with E-state index >= 15 is 0 Å². The molecule has 2 atom stereocenters. The van der Waals surface area contributed by atoms with E-state index in [2.05, 4.69) is 11.6 Å². The van der Waals surface area contributed by atoms with Gasteiger partial charge >= 0.3 is 0 Å². The van der Waals surface area contributed by atoms with Crippen LogP contribution in [0.15, 0.2) is 11.0 Å². The number of nitrogens with one attached hydrogen (secondary N) is 1. The van der Waals surface area contributed by atoms with Crippen molar-refractivity contribution in [1.82, 2.24) is 4.72 Å². The Hall–Kier alpha value is -0.430. The summed E-state index contributed by atoms with van der Waals surface area (Å²) < 4.78 is 26.7. The van der Waals surface area contributed by atoms with Gasteiger partial charge in [0.25, 0.3) is 0 Å². The molecule has 0 amide bonds. The molecular formula is C11H17NO3S2. The first-order chi connectivity index (χ1) is 7.94. The second-order valence-corrected chi connectivity index (χ2v) is 7.69. The lowest BCUT2D eigenvalue weighted by Crippen LogP contribution is -2.26. The number of hydrogen-bond acceptors (Lipinski definition) is 4. The molecular weight excluding hydrogens is 258 g/mol. The van der Waals surface area contributed by atoms with Gasteiger partial charge in [0, 0.05) is 16.3 Å². The predicted octanol–water partition coefficient (Wildman–Crippen LogP) is 1.48. The highest BCUT2D eigenvalue weighted by molar-refractivity contribution is 7.89. The third-order valence-corrected chi connectivity index (χ3v) is 5.89. The van der Waals surface area contributed by atoms with E-state index in [0.29, 0.717) is 28.2 Å². The molecule has 1 aliphatic carbocycles. The Morgan fingerprint density at radius 1 is 1.59 bits per heavy atom.